The molecule has 1 aliphatic carbocycles. The number of nitrogens with zero attached hydrogens (tertiary/aromatic N) is 5. The average Bonchev–Trinajstić information content (AvgIpc) is 3.38. The van der Waals surface area contributed by atoms with Gasteiger partial charge in [-0.25, -0.2) is 14.8 Å². The van der Waals surface area contributed by atoms with E-state index < -0.39 is 35.6 Å². The van der Waals surface area contributed by atoms with E-state index in [9.17, 15) is 14.4 Å². The van der Waals surface area contributed by atoms with E-state index in [0.29, 0.717) is 30.4 Å². The smallest absolute Gasteiger partial charge is 0.332 e. The Morgan fingerprint density at radius 2 is 2.10 bits per heavy atom. The molecule has 3 aromatic rings. The van der Waals surface area contributed by atoms with E-state index in [4.69, 9.17) is 20.2 Å². The van der Waals surface area contributed by atoms with Crippen molar-refractivity contribution in [3.05, 3.63) is 36.0 Å². The molecular formula is C29H35N7O5S. The van der Waals surface area contributed by atoms with Crippen LogP contribution in [0.4, 0.5) is 0 Å². The minimum Gasteiger partial charge on any atom is -0.471 e. The molecular weight excluding hydrogens is 558 g/mol. The number of imidazole rings is 1. The summed E-state index contributed by atoms with van der Waals surface area (Å²) in [6, 6.07) is 0.295. The quantitative estimate of drug-likeness (QED) is 0.343. The fourth-order valence-electron chi connectivity index (χ4n) is 5.97. The highest BCUT2D eigenvalue weighted by molar-refractivity contribution is 7.17. The first-order valence-corrected chi connectivity index (χ1v) is 15.2. The molecule has 6 rings (SSSR count). The van der Waals surface area contributed by atoms with Crippen LogP contribution in [0.25, 0.3) is 21.9 Å². The first-order chi connectivity index (χ1) is 20.3. The highest BCUT2D eigenvalue weighted by atomic mass is 32.1. The molecule has 1 saturated carbocycles. The van der Waals surface area contributed by atoms with Crippen LogP contribution in [-0.2, 0) is 26.2 Å². The number of ether oxygens (including phenoxy) is 2. The average molecular weight is 594 g/mol. The van der Waals surface area contributed by atoms with Crippen molar-refractivity contribution in [1.82, 2.24) is 29.7 Å². The van der Waals surface area contributed by atoms with Crippen molar-refractivity contribution in [1.29, 1.82) is 0 Å². The predicted octanol–water partition coefficient (Wildman–Crippen LogP) is 2.34. The van der Waals surface area contributed by atoms with Crippen molar-refractivity contribution in [3.8, 4) is 17.5 Å². The van der Waals surface area contributed by atoms with E-state index >= 15 is 0 Å². The monoisotopic (exact) mass is 593 g/mol. The number of nitrogens with two attached hydrogens (primary N) is 1. The summed E-state index contributed by atoms with van der Waals surface area (Å²) >= 11 is 1.45. The lowest BCUT2D eigenvalue weighted by Gasteiger charge is -2.28. The molecule has 1 saturated heterocycles. The molecule has 3 N–H and O–H groups in total. The van der Waals surface area contributed by atoms with Gasteiger partial charge in [0.2, 0.25) is 17.7 Å². The molecule has 0 aromatic carbocycles. The van der Waals surface area contributed by atoms with Gasteiger partial charge < -0.3 is 30.0 Å². The molecule has 12 nitrogen and oxygen atoms in total. The van der Waals surface area contributed by atoms with Crippen LogP contribution in [0.3, 0.4) is 0 Å². The Bertz CT molecular complexity index is 1540. The highest BCUT2D eigenvalue weighted by Crippen LogP contribution is 2.46. The Hall–Kier alpha value is -3.84. The molecule has 3 aromatic heterocycles. The number of allylic oxidation sites excluding steroid dienone is 1. The number of carbonyl (C=O) groups excluding carboxylic acids is 3. The van der Waals surface area contributed by atoms with Crippen LogP contribution >= 0.6 is 11.3 Å². The largest absolute Gasteiger partial charge is 0.471 e. The van der Waals surface area contributed by atoms with Crippen LogP contribution in [0.5, 0.6) is 5.88 Å². The number of esters is 1. The molecule has 0 bridgehead atoms. The Morgan fingerprint density at radius 1 is 1.24 bits per heavy atom. The number of rotatable bonds is 4. The van der Waals surface area contributed by atoms with E-state index in [-0.39, 0.29) is 24.8 Å². The van der Waals surface area contributed by atoms with Crippen molar-refractivity contribution >= 4 is 39.3 Å². The summed E-state index contributed by atoms with van der Waals surface area (Å²) in [6.07, 6.45) is 11.8. The second-order valence-corrected chi connectivity index (χ2v) is 12.2. The molecule has 2 aliphatic heterocycles. The molecule has 13 heteroatoms. The Labute approximate surface area is 247 Å². The van der Waals surface area contributed by atoms with Gasteiger partial charge in [0.05, 0.1) is 25.2 Å². The molecule has 0 spiro atoms. The third kappa shape index (κ3) is 5.26. The topological polar surface area (TPSA) is 155 Å². The number of carbonyl (C=O) groups is 3. The van der Waals surface area contributed by atoms with Gasteiger partial charge in [0.1, 0.15) is 22.4 Å². The number of fused-ring (bicyclic) bond motifs is 3. The van der Waals surface area contributed by atoms with Gasteiger partial charge >= 0.3 is 5.97 Å². The maximum absolute atomic E-state index is 13.8. The number of aromatic nitrogens is 4. The van der Waals surface area contributed by atoms with E-state index in [2.05, 4.69) is 21.4 Å². The lowest BCUT2D eigenvalue weighted by atomic mass is 10.1. The van der Waals surface area contributed by atoms with Crippen LogP contribution in [-0.4, -0.2) is 79.6 Å². The fraction of sp³-hybridized carbons (Fsp3) is 0.517. The lowest BCUT2D eigenvalue weighted by molar-refractivity contribution is -0.148. The summed E-state index contributed by atoms with van der Waals surface area (Å²) in [7, 11) is 3.18. The predicted molar refractivity (Wildman–Crippen MR) is 155 cm³/mol. The number of amides is 2. The minimum atomic E-state index is -1.13. The van der Waals surface area contributed by atoms with Gasteiger partial charge in [-0.2, -0.15) is 4.98 Å². The summed E-state index contributed by atoms with van der Waals surface area (Å²) in [5.41, 5.74) is 5.95. The zero-order chi connectivity index (χ0) is 29.4. The number of nitrogens with one attached hydrogen (secondary N) is 1. The van der Waals surface area contributed by atoms with E-state index in [0.717, 1.165) is 35.9 Å². The van der Waals surface area contributed by atoms with Gasteiger partial charge in [-0.15, -0.1) is 11.3 Å². The first-order valence-electron chi connectivity index (χ1n) is 14.3. The van der Waals surface area contributed by atoms with Crippen LogP contribution < -0.4 is 15.8 Å². The molecule has 42 heavy (non-hydrogen) atoms. The van der Waals surface area contributed by atoms with Crippen molar-refractivity contribution in [2.45, 2.75) is 68.7 Å². The molecule has 2 fully saturated rings. The minimum absolute atomic E-state index is 0.156. The Balaban J connectivity index is 1.29. The first kappa shape index (κ1) is 28.3. The summed E-state index contributed by atoms with van der Waals surface area (Å²) in [5.74, 6) is 0.0152. The van der Waals surface area contributed by atoms with E-state index in [1.165, 1.54) is 23.3 Å². The SMILES string of the molecule is COC(=O)[C@@]12C[C@H]1C=CCCCCCC(N)C(=O)N1C[C@H](Oc3nc(-c4nccn4C)nc4ccsc34)C[C@H]1C(=O)N2. The second kappa shape index (κ2) is 11.4. The van der Waals surface area contributed by atoms with Gasteiger partial charge in [-0.1, -0.05) is 25.0 Å². The van der Waals surface area contributed by atoms with Gasteiger partial charge in [0.25, 0.3) is 0 Å². The maximum Gasteiger partial charge on any atom is 0.332 e. The van der Waals surface area contributed by atoms with Crippen LogP contribution in [0, 0.1) is 5.92 Å². The summed E-state index contributed by atoms with van der Waals surface area (Å²) < 4.78 is 14.1. The standard InChI is InChI=1S/C29H35N7O5S/c1-35-12-11-31-24(35)23-32-20-10-13-42-22(20)26(33-23)41-18-14-21-25(37)34-29(28(39)40-2)15-17(29)8-6-4-3-5-7-9-19(30)27(38)36(21)16-18/h6,8,10-13,17-19,21H,3-5,7,9,14-16,30H2,1-2H3,(H,34,37)/t17-,18-,19?,21+,29-/m1/s1. The van der Waals surface area contributed by atoms with Gasteiger partial charge in [0.15, 0.2) is 11.6 Å². The van der Waals surface area contributed by atoms with Crippen molar-refractivity contribution in [2.24, 2.45) is 18.7 Å². The van der Waals surface area contributed by atoms with Crippen molar-refractivity contribution in [2.75, 3.05) is 13.7 Å². The number of thiophene rings is 1. The lowest BCUT2D eigenvalue weighted by Crippen LogP contribution is -2.55. The van der Waals surface area contributed by atoms with Gasteiger partial charge in [-0.3, -0.25) is 9.59 Å². The molecule has 222 valence electrons. The number of methoxy groups -OCH3 is 1. The normalized spacial score (nSPS) is 28.4. The zero-order valence-corrected chi connectivity index (χ0v) is 24.5. The number of aryl methyl sites for hydroxylation is 1. The van der Waals surface area contributed by atoms with Gasteiger partial charge in [0, 0.05) is 31.8 Å². The van der Waals surface area contributed by atoms with Crippen LogP contribution in [0.1, 0.15) is 44.9 Å². The summed E-state index contributed by atoms with van der Waals surface area (Å²) in [5, 5.41) is 4.86. The van der Waals surface area contributed by atoms with E-state index in [1.807, 2.05) is 35.3 Å². The fourth-order valence-corrected chi connectivity index (χ4v) is 6.73. The molecule has 5 atom stereocenters. The van der Waals surface area contributed by atoms with Crippen molar-refractivity contribution in [3.63, 3.8) is 0 Å². The van der Waals surface area contributed by atoms with Crippen LogP contribution in [0.2, 0.25) is 0 Å². The van der Waals surface area contributed by atoms with Crippen LogP contribution in [0.15, 0.2) is 36.0 Å². The number of hydrogen-bond donors (Lipinski definition) is 2. The Morgan fingerprint density at radius 3 is 2.88 bits per heavy atom. The zero-order valence-electron chi connectivity index (χ0n) is 23.7. The third-order valence-corrected chi connectivity index (χ3v) is 9.29. The van der Waals surface area contributed by atoms with Crippen molar-refractivity contribution < 1.29 is 23.9 Å². The van der Waals surface area contributed by atoms with Gasteiger partial charge in [-0.05, 0) is 37.1 Å². The molecule has 0 radical (unpaired) electrons. The maximum atomic E-state index is 13.8. The summed E-state index contributed by atoms with van der Waals surface area (Å²) in [4.78, 5) is 55.5. The Kier molecular flexibility index (Phi) is 7.71. The molecule has 3 aliphatic rings. The molecule has 2 amide bonds. The molecule has 5 heterocycles. The molecule has 1 unspecified atom stereocenters. The summed E-state index contributed by atoms with van der Waals surface area (Å²) in [6.45, 7) is 0.161. The third-order valence-electron chi connectivity index (χ3n) is 8.40. The second-order valence-electron chi connectivity index (χ2n) is 11.3. The highest BCUT2D eigenvalue weighted by Gasteiger charge is 2.62. The number of hydrogen-bond acceptors (Lipinski definition) is 10. The van der Waals surface area contributed by atoms with E-state index in [1.54, 1.807) is 6.20 Å².